The van der Waals surface area contributed by atoms with Gasteiger partial charge in [0, 0.05) is 70.1 Å². The summed E-state index contributed by atoms with van der Waals surface area (Å²) in [6, 6.07) is 8.71. The van der Waals surface area contributed by atoms with E-state index in [0.29, 0.717) is 63.4 Å². The summed E-state index contributed by atoms with van der Waals surface area (Å²) in [4.78, 5) is 74.3. The third-order valence-electron chi connectivity index (χ3n) is 13.1. The summed E-state index contributed by atoms with van der Waals surface area (Å²) in [6.45, 7) is 7.55. The number of benzene rings is 1. The third kappa shape index (κ3) is 10.7. The molecule has 1 saturated carbocycles. The number of ether oxygens (including phenoxy) is 1. The van der Waals surface area contributed by atoms with Crippen molar-refractivity contribution in [1.29, 1.82) is 0 Å². The van der Waals surface area contributed by atoms with Crippen LogP contribution in [0, 0.1) is 11.8 Å². The average molecular weight is 918 g/mol. The molecule has 0 radical (unpaired) electrons. The zero-order chi connectivity index (χ0) is 46.9. The van der Waals surface area contributed by atoms with Crippen molar-refractivity contribution in [2.24, 2.45) is 11.8 Å². The van der Waals surface area contributed by atoms with Gasteiger partial charge in [-0.25, -0.2) is 27.5 Å². The molecular weight excluding hydrogens is 860 g/mol. The molecule has 4 fully saturated rings. The van der Waals surface area contributed by atoms with Crippen molar-refractivity contribution in [1.82, 2.24) is 39.9 Å². The van der Waals surface area contributed by atoms with Crippen LogP contribution in [0.25, 0.3) is 5.65 Å². The van der Waals surface area contributed by atoms with Crippen LogP contribution in [0.15, 0.2) is 48.9 Å². The first-order valence-electron chi connectivity index (χ1n) is 22.8. The van der Waals surface area contributed by atoms with Crippen LogP contribution in [-0.2, 0) is 19.1 Å². The van der Waals surface area contributed by atoms with Gasteiger partial charge in [-0.15, -0.1) is 0 Å². The number of anilines is 3. The van der Waals surface area contributed by atoms with Crippen LogP contribution in [0.1, 0.15) is 119 Å². The Bertz CT molecular complexity index is 2440. The maximum atomic E-state index is 14.9. The lowest BCUT2D eigenvalue weighted by atomic mass is 9.84. The van der Waals surface area contributed by atoms with Crippen LogP contribution < -0.4 is 25.8 Å². The molecule has 17 nitrogen and oxygen atoms in total. The fourth-order valence-corrected chi connectivity index (χ4v) is 9.70. The molecule has 0 spiro atoms. The van der Waals surface area contributed by atoms with Crippen LogP contribution in [0.2, 0.25) is 0 Å². The number of hydrogen-bond donors (Lipinski definition) is 3. The third-order valence-corrected chi connectivity index (χ3v) is 13.1. The van der Waals surface area contributed by atoms with E-state index in [-0.39, 0.29) is 72.0 Å². The van der Waals surface area contributed by atoms with Gasteiger partial charge in [-0.2, -0.15) is 10.2 Å². The predicted molar refractivity (Wildman–Crippen MR) is 238 cm³/mol. The number of nitrogens with one attached hydrogen (secondary N) is 3. The topological polar surface area (TPSA) is 188 Å². The molecule has 0 bridgehead atoms. The second kappa shape index (κ2) is 19.3. The molecule has 5 amide bonds. The Hall–Kier alpha value is -6.21. The average Bonchev–Trinajstić information content (AvgIpc) is 3.90. The normalized spacial score (nSPS) is 23.2. The van der Waals surface area contributed by atoms with Gasteiger partial charge in [-0.3, -0.25) is 29.2 Å². The Morgan fingerprint density at radius 1 is 1.02 bits per heavy atom. The van der Waals surface area contributed by atoms with Gasteiger partial charge < -0.3 is 30.1 Å². The molecule has 4 aromatic rings. The monoisotopic (exact) mass is 917 g/mol. The molecule has 3 atom stereocenters. The van der Waals surface area contributed by atoms with E-state index in [4.69, 9.17) is 4.74 Å². The maximum absolute atomic E-state index is 14.9. The van der Waals surface area contributed by atoms with Crippen molar-refractivity contribution in [3.05, 3.63) is 65.7 Å². The van der Waals surface area contributed by atoms with Crippen LogP contribution in [0.5, 0.6) is 0 Å². The fourth-order valence-electron chi connectivity index (χ4n) is 9.70. The van der Waals surface area contributed by atoms with E-state index in [0.717, 1.165) is 30.6 Å². The zero-order valence-corrected chi connectivity index (χ0v) is 37.7. The minimum absolute atomic E-state index is 0.00441. The molecule has 6 heterocycles. The predicted octanol–water partition coefficient (Wildman–Crippen LogP) is 6.18. The second-order valence-electron chi connectivity index (χ2n) is 19.1. The van der Waals surface area contributed by atoms with Crippen molar-refractivity contribution >= 4 is 52.6 Å². The van der Waals surface area contributed by atoms with E-state index in [2.05, 4.69) is 36.0 Å². The van der Waals surface area contributed by atoms with Crippen LogP contribution in [0.4, 0.5) is 35.2 Å². The highest BCUT2D eigenvalue weighted by molar-refractivity contribution is 6.08. The molecule has 20 heteroatoms. The highest BCUT2D eigenvalue weighted by Crippen LogP contribution is 2.37. The van der Waals surface area contributed by atoms with Crippen molar-refractivity contribution in [3.8, 4) is 0 Å². The van der Waals surface area contributed by atoms with Crippen molar-refractivity contribution in [2.45, 2.75) is 115 Å². The molecule has 66 heavy (non-hydrogen) atoms. The van der Waals surface area contributed by atoms with Crippen LogP contribution in [0.3, 0.4) is 0 Å². The molecule has 3 aromatic heterocycles. The quantitative estimate of drug-likeness (QED) is 0.146. The lowest BCUT2D eigenvalue weighted by Gasteiger charge is -2.37. The van der Waals surface area contributed by atoms with Gasteiger partial charge in [0.05, 0.1) is 36.4 Å². The molecule has 1 unspecified atom stereocenters. The number of likely N-dealkylation sites (tertiary alicyclic amines) is 1. The first-order chi connectivity index (χ1) is 31.5. The Morgan fingerprint density at radius 3 is 2.48 bits per heavy atom. The molecule has 3 aliphatic heterocycles. The summed E-state index contributed by atoms with van der Waals surface area (Å²) in [5.74, 6) is -0.918. The highest BCUT2D eigenvalue weighted by atomic mass is 19.3. The fraction of sp³-hybridized carbons (Fsp3) is 0.565. The highest BCUT2D eigenvalue weighted by Gasteiger charge is 2.35. The minimum atomic E-state index is -2.98. The number of carbonyl (C=O) groups excluding carboxylic acids is 5. The number of fused-ring (bicyclic) bond motifs is 1. The number of alkyl carbamates (subject to hydrolysis) is 1. The van der Waals surface area contributed by atoms with Gasteiger partial charge in [-0.1, -0.05) is 12.1 Å². The summed E-state index contributed by atoms with van der Waals surface area (Å²) in [5.41, 5.74) is 0.576. The number of alkyl halides is 3. The lowest BCUT2D eigenvalue weighted by Crippen LogP contribution is -2.52. The van der Waals surface area contributed by atoms with Gasteiger partial charge in [0.1, 0.15) is 23.2 Å². The molecule has 4 aliphatic rings. The number of nitrogens with zero attached hydrogens (tertiary/aromatic N) is 8. The summed E-state index contributed by atoms with van der Waals surface area (Å²) in [7, 11) is 2.03. The van der Waals surface area contributed by atoms with Crippen molar-refractivity contribution < 1.29 is 41.9 Å². The number of carbonyl (C=O) groups is 5. The zero-order valence-electron chi connectivity index (χ0n) is 37.7. The van der Waals surface area contributed by atoms with Gasteiger partial charge in [-0.05, 0) is 95.4 Å². The van der Waals surface area contributed by atoms with Crippen LogP contribution in [-0.4, -0.2) is 117 Å². The van der Waals surface area contributed by atoms with Gasteiger partial charge in [0.15, 0.2) is 11.3 Å². The molecule has 3 saturated heterocycles. The Kier molecular flexibility index (Phi) is 13.6. The first kappa shape index (κ1) is 46.3. The van der Waals surface area contributed by atoms with Crippen molar-refractivity contribution in [3.63, 3.8) is 0 Å². The first-order valence-corrected chi connectivity index (χ1v) is 22.8. The molecule has 8 rings (SSSR count). The van der Waals surface area contributed by atoms with Gasteiger partial charge in [0.2, 0.25) is 17.7 Å². The number of halogens is 3. The molecule has 3 N–H and O–H groups in total. The number of amides is 5. The largest absolute Gasteiger partial charge is 0.444 e. The summed E-state index contributed by atoms with van der Waals surface area (Å²) in [5, 5.41) is 16.2. The molecule has 354 valence electrons. The number of imide groups is 1. The van der Waals surface area contributed by atoms with E-state index in [1.54, 1.807) is 37.9 Å². The number of hydrogen-bond acceptors (Lipinski definition) is 11. The van der Waals surface area contributed by atoms with E-state index >= 15 is 0 Å². The van der Waals surface area contributed by atoms with Gasteiger partial charge >= 0.3 is 6.09 Å². The van der Waals surface area contributed by atoms with Crippen molar-refractivity contribution in [2.75, 3.05) is 54.9 Å². The van der Waals surface area contributed by atoms with Crippen LogP contribution >= 0.6 is 0 Å². The molecular formula is C46H58F3N11O6. The lowest BCUT2D eigenvalue weighted by molar-refractivity contribution is -0.138. The number of rotatable bonds is 11. The number of aromatic nitrogens is 5. The number of piperidine rings is 3. The van der Waals surface area contributed by atoms with Gasteiger partial charge in [0.25, 0.3) is 12.3 Å². The Morgan fingerprint density at radius 2 is 1.77 bits per heavy atom. The van der Waals surface area contributed by atoms with E-state index in [1.165, 1.54) is 21.6 Å². The smallest absolute Gasteiger partial charge is 0.407 e. The summed E-state index contributed by atoms with van der Waals surface area (Å²) in [6.07, 6.45) is 4.23. The Labute approximate surface area is 380 Å². The summed E-state index contributed by atoms with van der Waals surface area (Å²) < 4.78 is 51.9. The maximum Gasteiger partial charge on any atom is 0.407 e. The SMILES string of the molecule is CN(CC1CCN(C(=O)C2CCC(n3cc(NC(=O)c4cnn5ccc(N6C[C@H](F)C[C@@H](NC(=O)OC(C)(C)C)C6)nc45)c(C(F)F)n3)CC2)CC1)c1cccc(C2CCC(=O)NC2=O)c1. The van der Waals surface area contributed by atoms with E-state index < -0.39 is 41.9 Å². The summed E-state index contributed by atoms with van der Waals surface area (Å²) >= 11 is 0. The van der Waals surface area contributed by atoms with E-state index in [9.17, 15) is 37.1 Å². The standard InChI is InChI=1S/C46H58F3N11O6/c1-46(2,3)66-45(65)51-31-21-30(47)24-58(25-31)37-16-19-59-41(53-37)35(22-50-59)43(63)52-36-26-60(55-39(36)40(48)49)32-10-8-28(9-11-32)44(64)57-17-14-27(15-18-57)23-56(4)33-7-5-6-29(20-33)34-12-13-38(61)54-42(34)62/h5-7,16,19-20,22,26-28,30-32,34,40H,8-15,17-18,21,23-25H2,1-4H3,(H,51,65)(H,52,63)(H,54,61,62)/t28?,30-,31-,32?,34?/m1/s1. The van der Waals surface area contributed by atoms with E-state index in [1.807, 2.05) is 36.2 Å². The Balaban J connectivity index is 0.838. The second-order valence-corrected chi connectivity index (χ2v) is 19.1. The molecule has 1 aromatic carbocycles. The minimum Gasteiger partial charge on any atom is -0.444 e. The molecule has 1 aliphatic carbocycles.